The highest BCUT2D eigenvalue weighted by molar-refractivity contribution is 6.31. The molecular weight excluding hydrogens is 319 g/mol. The molecule has 1 aromatic rings. The van der Waals surface area contributed by atoms with Crippen molar-refractivity contribution >= 4 is 17.5 Å². The van der Waals surface area contributed by atoms with Gasteiger partial charge in [0.2, 0.25) is 5.91 Å². The zero-order valence-electron chi connectivity index (χ0n) is 13.7. The number of carbonyl (C=O) groups excluding carboxylic acids is 1. The standard InChI is InChI=1S/C17H24ClFN2O2/c1-20(2)16(22)6-8-17(23)7-3-9-21(12-17)11-13-4-5-14(19)10-15(13)18/h4-5,10,23H,3,6-9,11-12H2,1-2H3/t17-/m1/s1. The molecule has 0 aromatic heterocycles. The predicted molar refractivity (Wildman–Crippen MR) is 88.8 cm³/mol. The van der Waals surface area contributed by atoms with Crippen LogP contribution in [-0.4, -0.2) is 53.6 Å². The van der Waals surface area contributed by atoms with Crippen LogP contribution in [-0.2, 0) is 11.3 Å². The second kappa shape index (κ2) is 7.60. The maximum atomic E-state index is 13.1. The number of nitrogens with zero attached hydrogens (tertiary/aromatic N) is 2. The quantitative estimate of drug-likeness (QED) is 0.894. The Bertz CT molecular complexity index is 568. The van der Waals surface area contributed by atoms with Crippen LogP contribution < -0.4 is 0 Å². The lowest BCUT2D eigenvalue weighted by molar-refractivity contribution is -0.130. The fourth-order valence-electron chi connectivity index (χ4n) is 3.00. The molecule has 1 atom stereocenters. The zero-order chi connectivity index (χ0) is 17.0. The number of likely N-dealkylation sites (tertiary alicyclic amines) is 1. The fraction of sp³-hybridized carbons (Fsp3) is 0.588. The Hall–Kier alpha value is -1.17. The van der Waals surface area contributed by atoms with E-state index in [1.54, 1.807) is 25.1 Å². The van der Waals surface area contributed by atoms with Crippen LogP contribution in [0.3, 0.4) is 0 Å². The molecule has 0 aliphatic carbocycles. The SMILES string of the molecule is CN(C)C(=O)CC[C@]1(O)CCCN(Cc2ccc(F)cc2Cl)C1. The summed E-state index contributed by atoms with van der Waals surface area (Å²) in [7, 11) is 3.44. The fourth-order valence-corrected chi connectivity index (χ4v) is 3.23. The van der Waals surface area contributed by atoms with Crippen LogP contribution in [0.1, 0.15) is 31.2 Å². The van der Waals surface area contributed by atoms with Crippen molar-refractivity contribution < 1.29 is 14.3 Å². The second-order valence-corrected chi connectivity index (χ2v) is 6.97. The summed E-state index contributed by atoms with van der Waals surface area (Å²) < 4.78 is 13.1. The van der Waals surface area contributed by atoms with Gasteiger partial charge in [0, 0.05) is 38.6 Å². The summed E-state index contributed by atoms with van der Waals surface area (Å²) in [6, 6.07) is 4.39. The van der Waals surface area contributed by atoms with Gasteiger partial charge >= 0.3 is 0 Å². The molecule has 1 fully saturated rings. The molecule has 128 valence electrons. The van der Waals surface area contributed by atoms with E-state index >= 15 is 0 Å². The lowest BCUT2D eigenvalue weighted by Crippen LogP contribution is -2.48. The zero-order valence-corrected chi connectivity index (χ0v) is 14.4. The molecule has 23 heavy (non-hydrogen) atoms. The van der Waals surface area contributed by atoms with Gasteiger partial charge < -0.3 is 10.0 Å². The van der Waals surface area contributed by atoms with Crippen LogP contribution in [0.5, 0.6) is 0 Å². The number of amides is 1. The molecule has 2 rings (SSSR count). The van der Waals surface area contributed by atoms with Crippen molar-refractivity contribution in [2.45, 2.75) is 37.8 Å². The van der Waals surface area contributed by atoms with Gasteiger partial charge in [-0.25, -0.2) is 4.39 Å². The Balaban J connectivity index is 1.95. The van der Waals surface area contributed by atoms with Crippen LogP contribution in [0.25, 0.3) is 0 Å². The molecule has 0 spiro atoms. The Kier molecular flexibility index (Phi) is 6.00. The number of rotatable bonds is 5. The van der Waals surface area contributed by atoms with Gasteiger partial charge in [-0.15, -0.1) is 0 Å². The predicted octanol–water partition coefficient (Wildman–Crippen LogP) is 2.67. The van der Waals surface area contributed by atoms with E-state index in [2.05, 4.69) is 4.90 Å². The molecule has 1 aliphatic heterocycles. The Morgan fingerprint density at radius 3 is 2.87 bits per heavy atom. The highest BCUT2D eigenvalue weighted by Gasteiger charge is 2.33. The van der Waals surface area contributed by atoms with Gasteiger partial charge in [0.15, 0.2) is 0 Å². The van der Waals surface area contributed by atoms with Crippen molar-refractivity contribution in [3.63, 3.8) is 0 Å². The summed E-state index contributed by atoms with van der Waals surface area (Å²) in [5, 5.41) is 11.2. The van der Waals surface area contributed by atoms with E-state index in [0.29, 0.717) is 37.4 Å². The van der Waals surface area contributed by atoms with Crippen molar-refractivity contribution in [1.82, 2.24) is 9.80 Å². The molecule has 1 heterocycles. The van der Waals surface area contributed by atoms with Gasteiger partial charge in [-0.3, -0.25) is 9.69 Å². The third-order valence-corrected chi connectivity index (χ3v) is 4.70. The van der Waals surface area contributed by atoms with Gasteiger partial charge in [-0.1, -0.05) is 17.7 Å². The number of piperidine rings is 1. The van der Waals surface area contributed by atoms with E-state index in [9.17, 15) is 14.3 Å². The maximum Gasteiger partial charge on any atom is 0.222 e. The van der Waals surface area contributed by atoms with Crippen molar-refractivity contribution in [1.29, 1.82) is 0 Å². The first-order valence-corrected chi connectivity index (χ1v) is 8.26. The maximum absolute atomic E-state index is 13.1. The number of hydrogen-bond donors (Lipinski definition) is 1. The number of benzene rings is 1. The van der Waals surface area contributed by atoms with Gasteiger partial charge in [0.25, 0.3) is 0 Å². The highest BCUT2D eigenvalue weighted by Crippen LogP contribution is 2.28. The van der Waals surface area contributed by atoms with E-state index in [1.807, 2.05) is 0 Å². The average molecular weight is 343 g/mol. The summed E-state index contributed by atoms with van der Waals surface area (Å²) in [5.74, 6) is -0.326. The molecule has 0 bridgehead atoms. The van der Waals surface area contributed by atoms with Crippen molar-refractivity contribution in [3.05, 3.63) is 34.6 Å². The summed E-state index contributed by atoms with van der Waals surface area (Å²) in [5.41, 5.74) is -0.00199. The topological polar surface area (TPSA) is 43.8 Å². The smallest absolute Gasteiger partial charge is 0.222 e. The van der Waals surface area contributed by atoms with Gasteiger partial charge in [-0.2, -0.15) is 0 Å². The van der Waals surface area contributed by atoms with Crippen LogP contribution in [0, 0.1) is 5.82 Å². The normalized spacial score (nSPS) is 22.1. The van der Waals surface area contributed by atoms with Crippen molar-refractivity contribution in [2.24, 2.45) is 0 Å². The summed E-state index contributed by atoms with van der Waals surface area (Å²) >= 11 is 6.08. The Morgan fingerprint density at radius 1 is 1.48 bits per heavy atom. The molecule has 1 saturated heterocycles. The van der Waals surface area contributed by atoms with E-state index in [4.69, 9.17) is 11.6 Å². The molecule has 1 amide bonds. The summed E-state index contributed by atoms with van der Waals surface area (Å²) in [4.78, 5) is 15.4. The van der Waals surface area contributed by atoms with Crippen molar-refractivity contribution in [2.75, 3.05) is 27.2 Å². The van der Waals surface area contributed by atoms with Gasteiger partial charge in [-0.05, 0) is 43.5 Å². The number of carbonyl (C=O) groups is 1. The average Bonchev–Trinajstić information content (AvgIpc) is 2.48. The minimum absolute atomic E-state index is 0.0251. The van der Waals surface area contributed by atoms with Crippen LogP contribution in [0.2, 0.25) is 5.02 Å². The molecule has 0 radical (unpaired) electrons. The Labute approximate surface area is 141 Å². The number of β-amino-alcohol motifs (C(OH)–C–C–N with tert-alkyl or cyclic N) is 1. The first kappa shape index (κ1) is 18.2. The van der Waals surface area contributed by atoms with Crippen LogP contribution in [0.15, 0.2) is 18.2 Å². The molecule has 1 N–H and O–H groups in total. The molecule has 6 heteroatoms. The third kappa shape index (κ3) is 5.16. The van der Waals surface area contributed by atoms with E-state index < -0.39 is 5.60 Å². The lowest BCUT2D eigenvalue weighted by atomic mass is 9.88. The number of halogens is 2. The minimum atomic E-state index is -0.851. The largest absolute Gasteiger partial charge is 0.389 e. The first-order valence-electron chi connectivity index (χ1n) is 7.88. The third-order valence-electron chi connectivity index (χ3n) is 4.35. The number of hydrogen-bond acceptors (Lipinski definition) is 3. The lowest BCUT2D eigenvalue weighted by Gasteiger charge is -2.39. The molecular formula is C17H24ClFN2O2. The monoisotopic (exact) mass is 342 g/mol. The van der Waals surface area contributed by atoms with Crippen LogP contribution >= 0.6 is 11.6 Å². The van der Waals surface area contributed by atoms with Crippen LogP contribution in [0.4, 0.5) is 4.39 Å². The van der Waals surface area contributed by atoms with Crippen molar-refractivity contribution in [3.8, 4) is 0 Å². The molecule has 0 saturated carbocycles. The summed E-state index contributed by atoms with van der Waals surface area (Å²) in [6.45, 7) is 1.93. The summed E-state index contributed by atoms with van der Waals surface area (Å²) in [6.07, 6.45) is 2.36. The number of aliphatic hydroxyl groups is 1. The molecule has 0 unspecified atom stereocenters. The highest BCUT2D eigenvalue weighted by atomic mass is 35.5. The van der Waals surface area contributed by atoms with E-state index in [0.717, 1.165) is 18.5 Å². The molecule has 4 nitrogen and oxygen atoms in total. The second-order valence-electron chi connectivity index (χ2n) is 6.56. The van der Waals surface area contributed by atoms with Gasteiger partial charge in [0.05, 0.1) is 5.60 Å². The molecule has 1 aliphatic rings. The minimum Gasteiger partial charge on any atom is -0.389 e. The van der Waals surface area contributed by atoms with Gasteiger partial charge in [0.1, 0.15) is 5.82 Å². The van der Waals surface area contributed by atoms with E-state index in [-0.39, 0.29) is 11.7 Å². The first-order chi connectivity index (χ1) is 10.8. The Morgan fingerprint density at radius 2 is 2.22 bits per heavy atom. The van der Waals surface area contributed by atoms with E-state index in [1.165, 1.54) is 12.1 Å². The molecule has 1 aromatic carbocycles.